The first-order chi connectivity index (χ1) is 11.6. The Labute approximate surface area is 144 Å². The van der Waals surface area contributed by atoms with Crippen molar-refractivity contribution in [1.82, 2.24) is 4.68 Å². The van der Waals surface area contributed by atoms with Gasteiger partial charge in [0.05, 0.1) is 19.2 Å². The number of benzene rings is 2. The fraction of sp³-hybridized carbons (Fsp3) is 0.286. The molecule has 3 rings (SSSR count). The summed E-state index contributed by atoms with van der Waals surface area (Å²) in [4.78, 5) is 0. The molecule has 0 unspecified atom stereocenters. The predicted molar refractivity (Wildman–Crippen MR) is 97.8 cm³/mol. The molecule has 2 aromatic carbocycles. The highest BCUT2D eigenvalue weighted by Gasteiger charge is 2.30. The van der Waals surface area contributed by atoms with Gasteiger partial charge >= 0.3 is 0 Å². The van der Waals surface area contributed by atoms with E-state index in [0.29, 0.717) is 12.5 Å². The SMILES string of the molecule is CC(C)COc1c(-c2ccccc2)n(C)[n+](C)c1-c1ccccc1. The first-order valence-corrected chi connectivity index (χ1v) is 8.42. The van der Waals surface area contributed by atoms with Crippen LogP contribution in [0.3, 0.4) is 0 Å². The van der Waals surface area contributed by atoms with Gasteiger partial charge in [0.2, 0.25) is 5.75 Å². The van der Waals surface area contributed by atoms with Crippen LogP contribution in [0.25, 0.3) is 22.5 Å². The van der Waals surface area contributed by atoms with Crippen molar-refractivity contribution in [2.24, 2.45) is 20.0 Å². The first kappa shape index (κ1) is 16.3. The monoisotopic (exact) mass is 321 g/mol. The summed E-state index contributed by atoms with van der Waals surface area (Å²) in [5.41, 5.74) is 4.54. The van der Waals surface area contributed by atoms with Gasteiger partial charge in [0.25, 0.3) is 5.69 Å². The van der Waals surface area contributed by atoms with Crippen LogP contribution in [0.4, 0.5) is 0 Å². The van der Waals surface area contributed by atoms with Gasteiger partial charge in [-0.05, 0) is 18.1 Å². The minimum Gasteiger partial charge on any atom is -0.485 e. The fourth-order valence-corrected chi connectivity index (χ4v) is 2.92. The van der Waals surface area contributed by atoms with Crippen molar-refractivity contribution in [2.45, 2.75) is 13.8 Å². The molecule has 3 nitrogen and oxygen atoms in total. The number of ether oxygens (including phenoxy) is 1. The van der Waals surface area contributed by atoms with E-state index in [2.05, 4.69) is 85.8 Å². The minimum atomic E-state index is 0.475. The van der Waals surface area contributed by atoms with Crippen LogP contribution < -0.4 is 9.42 Å². The molecule has 1 heterocycles. The van der Waals surface area contributed by atoms with Crippen molar-refractivity contribution in [3.8, 4) is 28.3 Å². The van der Waals surface area contributed by atoms with Gasteiger partial charge in [-0.2, -0.15) is 4.68 Å². The van der Waals surface area contributed by atoms with Crippen LogP contribution in [0.2, 0.25) is 0 Å². The number of hydrogen-bond acceptors (Lipinski definition) is 1. The Morgan fingerprint density at radius 2 is 1.46 bits per heavy atom. The lowest BCUT2D eigenvalue weighted by molar-refractivity contribution is -0.740. The zero-order valence-electron chi connectivity index (χ0n) is 14.9. The van der Waals surface area contributed by atoms with Crippen molar-refractivity contribution in [3.05, 3.63) is 60.7 Å². The van der Waals surface area contributed by atoms with Crippen LogP contribution in [0.1, 0.15) is 13.8 Å². The quantitative estimate of drug-likeness (QED) is 0.644. The Kier molecular flexibility index (Phi) is 4.70. The van der Waals surface area contributed by atoms with Crippen molar-refractivity contribution in [2.75, 3.05) is 6.61 Å². The summed E-state index contributed by atoms with van der Waals surface area (Å²) in [5.74, 6) is 1.42. The van der Waals surface area contributed by atoms with Gasteiger partial charge in [0.1, 0.15) is 0 Å². The second-order valence-electron chi connectivity index (χ2n) is 6.51. The summed E-state index contributed by atoms with van der Waals surface area (Å²) < 4.78 is 10.6. The van der Waals surface area contributed by atoms with Crippen molar-refractivity contribution >= 4 is 0 Å². The molecule has 0 fully saturated rings. The number of hydrogen-bond donors (Lipinski definition) is 0. The molecular weight excluding hydrogens is 296 g/mol. The van der Waals surface area contributed by atoms with E-state index >= 15 is 0 Å². The second kappa shape index (κ2) is 6.91. The summed E-state index contributed by atoms with van der Waals surface area (Å²) >= 11 is 0. The molecule has 0 saturated heterocycles. The molecule has 0 amide bonds. The molecule has 0 saturated carbocycles. The summed E-state index contributed by atoms with van der Waals surface area (Å²) in [6.07, 6.45) is 0. The fourth-order valence-electron chi connectivity index (χ4n) is 2.92. The van der Waals surface area contributed by atoms with Crippen LogP contribution in [-0.4, -0.2) is 11.3 Å². The molecule has 0 aliphatic rings. The van der Waals surface area contributed by atoms with E-state index in [9.17, 15) is 0 Å². The topological polar surface area (TPSA) is 18.0 Å². The molecular formula is C21H25N2O+. The molecule has 0 aliphatic heterocycles. The van der Waals surface area contributed by atoms with Crippen LogP contribution >= 0.6 is 0 Å². The second-order valence-corrected chi connectivity index (χ2v) is 6.51. The van der Waals surface area contributed by atoms with E-state index < -0.39 is 0 Å². The van der Waals surface area contributed by atoms with E-state index in [1.54, 1.807) is 0 Å². The standard InChI is InChI=1S/C21H25N2O/c1-16(2)15-24-21-19(17-11-7-5-8-12-17)22(3)23(4)20(21)18-13-9-6-10-14-18/h5-14,16H,15H2,1-4H3/q+1. The summed E-state index contributed by atoms with van der Waals surface area (Å²) in [7, 11) is 4.16. The third-order valence-corrected chi connectivity index (χ3v) is 4.18. The summed E-state index contributed by atoms with van der Waals surface area (Å²) in [6, 6.07) is 20.9. The average Bonchev–Trinajstić information content (AvgIpc) is 2.85. The van der Waals surface area contributed by atoms with Crippen LogP contribution in [0, 0.1) is 5.92 Å². The highest BCUT2D eigenvalue weighted by Crippen LogP contribution is 2.37. The molecule has 3 aromatic rings. The Balaban J connectivity index is 2.22. The van der Waals surface area contributed by atoms with Crippen molar-refractivity contribution < 1.29 is 9.42 Å². The van der Waals surface area contributed by atoms with Gasteiger partial charge in [0.15, 0.2) is 12.7 Å². The molecule has 0 aliphatic carbocycles. The highest BCUT2D eigenvalue weighted by molar-refractivity contribution is 5.76. The third-order valence-electron chi connectivity index (χ3n) is 4.18. The van der Waals surface area contributed by atoms with Gasteiger partial charge in [-0.25, -0.2) is 0 Å². The molecule has 0 N–H and O–H groups in total. The Morgan fingerprint density at radius 1 is 0.917 bits per heavy atom. The lowest BCUT2D eigenvalue weighted by Gasteiger charge is -2.09. The Morgan fingerprint density at radius 3 is 2.00 bits per heavy atom. The maximum absolute atomic E-state index is 6.30. The molecule has 0 spiro atoms. The summed E-state index contributed by atoms with van der Waals surface area (Å²) in [5, 5.41) is 0. The molecule has 124 valence electrons. The van der Waals surface area contributed by atoms with Gasteiger partial charge in [-0.15, -0.1) is 4.68 Å². The molecule has 24 heavy (non-hydrogen) atoms. The lowest BCUT2D eigenvalue weighted by atomic mass is 10.1. The zero-order chi connectivity index (χ0) is 17.1. The number of nitrogens with zero attached hydrogens (tertiary/aromatic N) is 2. The molecule has 1 aromatic heterocycles. The highest BCUT2D eigenvalue weighted by atomic mass is 16.5. The minimum absolute atomic E-state index is 0.475. The van der Waals surface area contributed by atoms with Gasteiger partial charge in [-0.1, -0.05) is 62.4 Å². The van der Waals surface area contributed by atoms with Gasteiger partial charge in [0, 0.05) is 5.56 Å². The van der Waals surface area contributed by atoms with E-state index in [1.165, 1.54) is 0 Å². The Bertz CT molecular complexity index is 742. The largest absolute Gasteiger partial charge is 0.485 e. The molecule has 0 atom stereocenters. The maximum Gasteiger partial charge on any atom is 0.280 e. The molecule has 3 heteroatoms. The average molecular weight is 321 g/mol. The Hall–Kier alpha value is -2.55. The van der Waals surface area contributed by atoms with Gasteiger partial charge in [-0.3, -0.25) is 0 Å². The summed E-state index contributed by atoms with van der Waals surface area (Å²) in [6.45, 7) is 5.05. The van der Waals surface area contributed by atoms with Crippen molar-refractivity contribution in [3.63, 3.8) is 0 Å². The van der Waals surface area contributed by atoms with Crippen LogP contribution in [0.5, 0.6) is 5.75 Å². The van der Waals surface area contributed by atoms with E-state index in [-0.39, 0.29) is 0 Å². The van der Waals surface area contributed by atoms with Crippen molar-refractivity contribution in [1.29, 1.82) is 0 Å². The normalized spacial score (nSPS) is 11.0. The predicted octanol–water partition coefficient (Wildman–Crippen LogP) is 4.22. The zero-order valence-corrected chi connectivity index (χ0v) is 14.9. The van der Waals surface area contributed by atoms with Crippen LogP contribution in [-0.2, 0) is 14.1 Å². The lowest BCUT2D eigenvalue weighted by Crippen LogP contribution is -2.39. The molecule has 0 radical (unpaired) electrons. The number of rotatable bonds is 5. The van der Waals surface area contributed by atoms with E-state index in [1.807, 2.05) is 12.1 Å². The first-order valence-electron chi connectivity index (χ1n) is 8.42. The maximum atomic E-state index is 6.30. The van der Waals surface area contributed by atoms with E-state index in [4.69, 9.17) is 4.74 Å². The smallest absolute Gasteiger partial charge is 0.280 e. The molecule has 0 bridgehead atoms. The van der Waals surface area contributed by atoms with E-state index in [0.717, 1.165) is 28.3 Å². The third kappa shape index (κ3) is 3.07. The van der Waals surface area contributed by atoms with Crippen LogP contribution in [0.15, 0.2) is 60.7 Å². The number of aromatic nitrogens is 2. The van der Waals surface area contributed by atoms with Gasteiger partial charge < -0.3 is 4.74 Å².